The second kappa shape index (κ2) is 1.41. The van der Waals surface area contributed by atoms with E-state index in [0.717, 1.165) is 25.0 Å². The van der Waals surface area contributed by atoms with Crippen LogP contribution in [0.4, 0.5) is 0 Å². The lowest BCUT2D eigenvalue weighted by Gasteiger charge is -2.27. The van der Waals surface area contributed by atoms with Crippen molar-refractivity contribution in [3.8, 4) is 0 Å². The van der Waals surface area contributed by atoms with Gasteiger partial charge in [-0.25, -0.2) is 0 Å². The standard InChI is InChI=1S/C8H13NO/c1-8-4-9-2-6-7(8)5(8)3-10-6/h5-7,9H,2-4H2,1H3. The molecule has 4 unspecified atom stereocenters. The highest BCUT2D eigenvalue weighted by Gasteiger charge is 2.69. The van der Waals surface area contributed by atoms with Crippen LogP contribution in [0.25, 0.3) is 0 Å². The minimum atomic E-state index is 0.559. The average Bonchev–Trinajstić information content (AvgIpc) is 2.37. The first-order valence-corrected chi connectivity index (χ1v) is 4.15. The maximum absolute atomic E-state index is 5.59. The van der Waals surface area contributed by atoms with Crippen LogP contribution < -0.4 is 5.32 Å². The van der Waals surface area contributed by atoms with Gasteiger partial charge in [-0.2, -0.15) is 0 Å². The molecule has 2 heteroatoms. The highest BCUT2D eigenvalue weighted by atomic mass is 16.5. The van der Waals surface area contributed by atoms with Crippen molar-refractivity contribution in [2.45, 2.75) is 13.0 Å². The summed E-state index contributed by atoms with van der Waals surface area (Å²) in [6, 6.07) is 0. The van der Waals surface area contributed by atoms with Crippen molar-refractivity contribution in [1.29, 1.82) is 0 Å². The summed E-state index contributed by atoms with van der Waals surface area (Å²) in [4.78, 5) is 0. The zero-order valence-corrected chi connectivity index (χ0v) is 6.26. The van der Waals surface area contributed by atoms with E-state index in [9.17, 15) is 0 Å². The third-order valence-electron chi connectivity index (χ3n) is 3.67. The number of fused-ring (bicyclic) bond motifs is 1. The molecule has 2 aliphatic heterocycles. The van der Waals surface area contributed by atoms with Gasteiger partial charge in [0.25, 0.3) is 0 Å². The molecule has 0 spiro atoms. The minimum absolute atomic E-state index is 0.559. The van der Waals surface area contributed by atoms with E-state index in [4.69, 9.17) is 4.74 Å². The van der Waals surface area contributed by atoms with Crippen molar-refractivity contribution in [2.75, 3.05) is 19.7 Å². The molecule has 3 rings (SSSR count). The SMILES string of the molecule is CC12CNCC3OCC1C32. The van der Waals surface area contributed by atoms with E-state index in [-0.39, 0.29) is 0 Å². The zero-order valence-electron chi connectivity index (χ0n) is 6.26. The highest BCUT2D eigenvalue weighted by molar-refractivity contribution is 5.17. The van der Waals surface area contributed by atoms with Gasteiger partial charge in [-0.15, -0.1) is 0 Å². The molecule has 0 aromatic heterocycles. The van der Waals surface area contributed by atoms with Crippen molar-refractivity contribution in [1.82, 2.24) is 5.32 Å². The topological polar surface area (TPSA) is 21.3 Å². The summed E-state index contributed by atoms with van der Waals surface area (Å²) in [6.07, 6.45) is 0.559. The molecule has 2 heterocycles. The quantitative estimate of drug-likeness (QED) is 0.519. The van der Waals surface area contributed by atoms with Crippen LogP contribution in [0.15, 0.2) is 0 Å². The highest BCUT2D eigenvalue weighted by Crippen LogP contribution is 2.65. The lowest BCUT2D eigenvalue weighted by Crippen LogP contribution is -2.41. The van der Waals surface area contributed by atoms with Gasteiger partial charge in [0, 0.05) is 13.1 Å². The van der Waals surface area contributed by atoms with Crippen molar-refractivity contribution < 1.29 is 4.74 Å². The number of ether oxygens (including phenoxy) is 1. The van der Waals surface area contributed by atoms with Crippen LogP contribution in [0.1, 0.15) is 6.92 Å². The lowest BCUT2D eigenvalue weighted by atomic mass is 9.98. The zero-order chi connectivity index (χ0) is 6.77. The molecular formula is C8H13NO. The molecule has 4 atom stereocenters. The maximum Gasteiger partial charge on any atom is 0.0737 e. The molecule has 10 heavy (non-hydrogen) atoms. The fourth-order valence-corrected chi connectivity index (χ4v) is 2.93. The van der Waals surface area contributed by atoms with Gasteiger partial charge in [-0.3, -0.25) is 0 Å². The van der Waals surface area contributed by atoms with E-state index < -0.39 is 0 Å². The molecule has 56 valence electrons. The third-order valence-corrected chi connectivity index (χ3v) is 3.67. The van der Waals surface area contributed by atoms with Crippen LogP contribution in [0.2, 0.25) is 0 Å². The fraction of sp³-hybridized carbons (Fsp3) is 1.00. The Hall–Kier alpha value is -0.0800. The van der Waals surface area contributed by atoms with Gasteiger partial charge in [-0.05, 0) is 17.3 Å². The van der Waals surface area contributed by atoms with Crippen LogP contribution in [0.3, 0.4) is 0 Å². The summed E-state index contributed by atoms with van der Waals surface area (Å²) >= 11 is 0. The van der Waals surface area contributed by atoms with E-state index in [1.807, 2.05) is 0 Å². The normalized spacial score (nSPS) is 63.9. The summed E-state index contributed by atoms with van der Waals surface area (Å²) in [5, 5.41) is 3.42. The maximum atomic E-state index is 5.59. The number of hydrogen-bond donors (Lipinski definition) is 1. The van der Waals surface area contributed by atoms with Gasteiger partial charge in [0.05, 0.1) is 12.7 Å². The molecule has 3 aliphatic rings. The molecule has 0 aromatic rings. The summed E-state index contributed by atoms with van der Waals surface area (Å²) in [5.41, 5.74) is 0.626. The van der Waals surface area contributed by atoms with E-state index in [0.29, 0.717) is 11.5 Å². The molecule has 3 fully saturated rings. The molecule has 2 nitrogen and oxygen atoms in total. The summed E-state index contributed by atoms with van der Waals surface area (Å²) < 4.78 is 5.59. The Balaban J connectivity index is 1.95. The van der Waals surface area contributed by atoms with E-state index in [2.05, 4.69) is 12.2 Å². The van der Waals surface area contributed by atoms with Crippen molar-refractivity contribution in [3.63, 3.8) is 0 Å². The van der Waals surface area contributed by atoms with Gasteiger partial charge < -0.3 is 10.1 Å². The van der Waals surface area contributed by atoms with E-state index >= 15 is 0 Å². The molecule has 2 saturated heterocycles. The Bertz CT molecular complexity index is 178. The average molecular weight is 139 g/mol. The molecule has 0 bridgehead atoms. The van der Waals surface area contributed by atoms with Crippen LogP contribution in [-0.4, -0.2) is 25.8 Å². The molecule has 1 N–H and O–H groups in total. The van der Waals surface area contributed by atoms with Gasteiger partial charge in [0.2, 0.25) is 0 Å². The second-order valence-electron chi connectivity index (χ2n) is 4.14. The molecular weight excluding hydrogens is 126 g/mol. The van der Waals surface area contributed by atoms with Gasteiger partial charge >= 0.3 is 0 Å². The van der Waals surface area contributed by atoms with E-state index in [1.54, 1.807) is 0 Å². The predicted octanol–water partition coefficient (Wildman–Crippen LogP) is 0.241. The summed E-state index contributed by atoms with van der Waals surface area (Å²) in [6.45, 7) is 5.75. The predicted molar refractivity (Wildman–Crippen MR) is 37.7 cm³/mol. The molecule has 0 amide bonds. The van der Waals surface area contributed by atoms with Gasteiger partial charge in [-0.1, -0.05) is 6.92 Å². The number of nitrogens with one attached hydrogen (secondary N) is 1. The Morgan fingerprint density at radius 2 is 2.50 bits per heavy atom. The van der Waals surface area contributed by atoms with Crippen molar-refractivity contribution in [3.05, 3.63) is 0 Å². The van der Waals surface area contributed by atoms with Crippen LogP contribution in [-0.2, 0) is 4.74 Å². The minimum Gasteiger partial charge on any atom is -0.376 e. The third kappa shape index (κ3) is 0.424. The monoisotopic (exact) mass is 139 g/mol. The number of rotatable bonds is 0. The van der Waals surface area contributed by atoms with E-state index in [1.165, 1.54) is 6.54 Å². The fourth-order valence-electron chi connectivity index (χ4n) is 2.93. The molecule has 1 aliphatic carbocycles. The number of hydrogen-bond acceptors (Lipinski definition) is 2. The van der Waals surface area contributed by atoms with Crippen LogP contribution in [0, 0.1) is 17.3 Å². The first-order chi connectivity index (χ1) is 4.82. The molecule has 0 radical (unpaired) electrons. The second-order valence-corrected chi connectivity index (χ2v) is 4.14. The Morgan fingerprint density at radius 1 is 1.60 bits per heavy atom. The summed E-state index contributed by atoms with van der Waals surface area (Å²) in [5.74, 6) is 1.81. The van der Waals surface area contributed by atoms with Crippen LogP contribution in [0.5, 0.6) is 0 Å². The molecule has 1 saturated carbocycles. The summed E-state index contributed by atoms with van der Waals surface area (Å²) in [7, 11) is 0. The van der Waals surface area contributed by atoms with Crippen LogP contribution >= 0.6 is 0 Å². The smallest absolute Gasteiger partial charge is 0.0737 e. The van der Waals surface area contributed by atoms with Gasteiger partial charge in [0.15, 0.2) is 0 Å². The Labute approximate surface area is 60.9 Å². The largest absolute Gasteiger partial charge is 0.376 e. The Morgan fingerprint density at radius 3 is 3.20 bits per heavy atom. The van der Waals surface area contributed by atoms with Crippen molar-refractivity contribution in [2.24, 2.45) is 17.3 Å². The molecule has 0 aromatic carbocycles. The number of piperidine rings is 1. The Kier molecular flexibility index (Phi) is 0.783. The first kappa shape index (κ1) is 5.56. The lowest BCUT2D eigenvalue weighted by molar-refractivity contribution is 0.0313. The first-order valence-electron chi connectivity index (χ1n) is 4.15. The van der Waals surface area contributed by atoms with Crippen molar-refractivity contribution >= 4 is 0 Å². The van der Waals surface area contributed by atoms with Gasteiger partial charge in [0.1, 0.15) is 0 Å².